The second kappa shape index (κ2) is 8.06. The van der Waals surface area contributed by atoms with Gasteiger partial charge in [0.05, 0.1) is 12.3 Å². The number of allylic oxidation sites excluding steroid dienone is 1. The van der Waals surface area contributed by atoms with E-state index in [2.05, 4.69) is 20.3 Å². The van der Waals surface area contributed by atoms with Crippen molar-refractivity contribution in [3.63, 3.8) is 0 Å². The van der Waals surface area contributed by atoms with E-state index in [1.54, 1.807) is 12.4 Å². The van der Waals surface area contributed by atoms with Gasteiger partial charge < -0.3 is 10.1 Å². The van der Waals surface area contributed by atoms with Gasteiger partial charge in [-0.25, -0.2) is 9.97 Å². The Balaban J connectivity index is 1.81. The van der Waals surface area contributed by atoms with Crippen molar-refractivity contribution in [3.05, 3.63) is 78.4 Å². The van der Waals surface area contributed by atoms with E-state index >= 15 is 0 Å². The van der Waals surface area contributed by atoms with E-state index in [-0.39, 0.29) is 0 Å². The first-order valence-corrected chi connectivity index (χ1v) is 8.20. The number of pyridine rings is 1. The predicted octanol–water partition coefficient (Wildman–Crippen LogP) is 4.47. The molecule has 0 spiro atoms. The SMILES string of the molecule is C/C=C(\c1cccnc1)c1ccnc(Nc2ccc(OCC)cc2)n1. The Kier molecular flexibility index (Phi) is 5.36. The fourth-order valence-electron chi connectivity index (χ4n) is 2.48. The molecular formula is C20H20N4O. The lowest BCUT2D eigenvalue weighted by Gasteiger charge is -2.10. The van der Waals surface area contributed by atoms with Crippen LogP contribution in [0.5, 0.6) is 5.75 Å². The number of anilines is 2. The monoisotopic (exact) mass is 332 g/mol. The lowest BCUT2D eigenvalue weighted by molar-refractivity contribution is 0.340. The number of rotatable bonds is 6. The molecule has 0 aliphatic carbocycles. The number of hydrogen-bond donors (Lipinski definition) is 1. The third-order valence-electron chi connectivity index (χ3n) is 3.61. The topological polar surface area (TPSA) is 59.9 Å². The highest BCUT2D eigenvalue weighted by atomic mass is 16.5. The van der Waals surface area contributed by atoms with Gasteiger partial charge in [-0.3, -0.25) is 4.98 Å². The largest absolute Gasteiger partial charge is 0.494 e. The zero-order valence-corrected chi connectivity index (χ0v) is 14.3. The Bertz CT molecular complexity index is 845. The van der Waals surface area contributed by atoms with Gasteiger partial charge in [-0.15, -0.1) is 0 Å². The summed E-state index contributed by atoms with van der Waals surface area (Å²) in [6, 6.07) is 13.6. The number of hydrogen-bond acceptors (Lipinski definition) is 5. The van der Waals surface area contributed by atoms with E-state index in [9.17, 15) is 0 Å². The fourth-order valence-corrected chi connectivity index (χ4v) is 2.48. The highest BCUT2D eigenvalue weighted by molar-refractivity contribution is 5.77. The number of aromatic nitrogens is 3. The third-order valence-corrected chi connectivity index (χ3v) is 3.61. The van der Waals surface area contributed by atoms with Crippen LogP contribution >= 0.6 is 0 Å². The Hall–Kier alpha value is -3.21. The van der Waals surface area contributed by atoms with Gasteiger partial charge in [-0.05, 0) is 50.2 Å². The van der Waals surface area contributed by atoms with Crippen molar-refractivity contribution in [1.29, 1.82) is 0 Å². The molecule has 3 aromatic rings. The Morgan fingerprint density at radius 1 is 1.12 bits per heavy atom. The average molecular weight is 332 g/mol. The van der Waals surface area contributed by atoms with Crippen molar-refractivity contribution in [2.24, 2.45) is 0 Å². The van der Waals surface area contributed by atoms with E-state index in [4.69, 9.17) is 4.74 Å². The minimum Gasteiger partial charge on any atom is -0.494 e. The third kappa shape index (κ3) is 4.20. The van der Waals surface area contributed by atoms with Crippen LogP contribution in [0.1, 0.15) is 25.1 Å². The number of nitrogens with zero attached hydrogens (tertiary/aromatic N) is 3. The Morgan fingerprint density at radius 3 is 2.64 bits per heavy atom. The van der Waals surface area contributed by atoms with Gasteiger partial charge in [0, 0.05) is 35.4 Å². The molecule has 126 valence electrons. The van der Waals surface area contributed by atoms with Crippen LogP contribution in [0, 0.1) is 0 Å². The maximum atomic E-state index is 5.45. The van der Waals surface area contributed by atoms with E-state index in [1.807, 2.05) is 68.6 Å². The van der Waals surface area contributed by atoms with Crippen LogP contribution in [0.4, 0.5) is 11.6 Å². The molecule has 0 fully saturated rings. The van der Waals surface area contributed by atoms with Crippen LogP contribution in [-0.4, -0.2) is 21.6 Å². The molecule has 0 aliphatic rings. The van der Waals surface area contributed by atoms with Gasteiger partial charge in [0.2, 0.25) is 5.95 Å². The summed E-state index contributed by atoms with van der Waals surface area (Å²) in [5.41, 5.74) is 3.80. The number of nitrogens with one attached hydrogen (secondary N) is 1. The van der Waals surface area contributed by atoms with Gasteiger partial charge >= 0.3 is 0 Å². The van der Waals surface area contributed by atoms with Crippen LogP contribution < -0.4 is 10.1 Å². The maximum Gasteiger partial charge on any atom is 0.227 e. The first-order valence-electron chi connectivity index (χ1n) is 8.20. The molecule has 25 heavy (non-hydrogen) atoms. The lowest BCUT2D eigenvalue weighted by atomic mass is 10.0. The van der Waals surface area contributed by atoms with Crippen LogP contribution in [-0.2, 0) is 0 Å². The summed E-state index contributed by atoms with van der Waals surface area (Å²) in [7, 11) is 0. The van der Waals surface area contributed by atoms with Crippen molar-refractivity contribution < 1.29 is 4.74 Å². The lowest BCUT2D eigenvalue weighted by Crippen LogP contribution is -2.00. The van der Waals surface area contributed by atoms with Crippen molar-refractivity contribution in [2.75, 3.05) is 11.9 Å². The van der Waals surface area contributed by atoms with Crippen LogP contribution in [0.3, 0.4) is 0 Å². The highest BCUT2D eigenvalue weighted by Crippen LogP contribution is 2.23. The Morgan fingerprint density at radius 2 is 1.96 bits per heavy atom. The molecule has 0 saturated heterocycles. The second-order valence-corrected chi connectivity index (χ2v) is 5.29. The summed E-state index contributed by atoms with van der Waals surface area (Å²) in [5, 5.41) is 3.22. The van der Waals surface area contributed by atoms with Crippen LogP contribution in [0.2, 0.25) is 0 Å². The number of benzene rings is 1. The predicted molar refractivity (Wildman–Crippen MR) is 99.9 cm³/mol. The quantitative estimate of drug-likeness (QED) is 0.722. The fraction of sp³-hybridized carbons (Fsp3) is 0.150. The molecule has 0 amide bonds. The first-order chi connectivity index (χ1) is 12.3. The smallest absolute Gasteiger partial charge is 0.227 e. The van der Waals surface area contributed by atoms with Crippen molar-refractivity contribution >= 4 is 17.2 Å². The summed E-state index contributed by atoms with van der Waals surface area (Å²) in [4.78, 5) is 13.1. The molecule has 5 nitrogen and oxygen atoms in total. The summed E-state index contributed by atoms with van der Waals surface area (Å²) >= 11 is 0. The minimum absolute atomic E-state index is 0.546. The van der Waals surface area contributed by atoms with Crippen molar-refractivity contribution in [3.8, 4) is 5.75 Å². The molecule has 2 aromatic heterocycles. The zero-order chi connectivity index (χ0) is 17.5. The zero-order valence-electron chi connectivity index (χ0n) is 14.3. The molecule has 3 rings (SSSR count). The molecule has 2 heterocycles. The summed E-state index contributed by atoms with van der Waals surface area (Å²) in [5.74, 6) is 1.39. The maximum absolute atomic E-state index is 5.45. The van der Waals surface area contributed by atoms with E-state index < -0.39 is 0 Å². The normalized spacial score (nSPS) is 11.2. The summed E-state index contributed by atoms with van der Waals surface area (Å²) < 4.78 is 5.45. The van der Waals surface area contributed by atoms with E-state index in [0.717, 1.165) is 28.3 Å². The molecule has 0 aliphatic heterocycles. The van der Waals surface area contributed by atoms with Gasteiger partial charge in [0.15, 0.2) is 0 Å². The first kappa shape index (κ1) is 16.6. The highest BCUT2D eigenvalue weighted by Gasteiger charge is 2.07. The average Bonchev–Trinajstić information content (AvgIpc) is 2.66. The van der Waals surface area contributed by atoms with Crippen LogP contribution in [0.25, 0.3) is 5.57 Å². The van der Waals surface area contributed by atoms with Gasteiger partial charge in [-0.2, -0.15) is 0 Å². The minimum atomic E-state index is 0.546. The molecular weight excluding hydrogens is 312 g/mol. The molecule has 0 atom stereocenters. The molecule has 0 bridgehead atoms. The van der Waals surface area contributed by atoms with Gasteiger partial charge in [0.1, 0.15) is 5.75 Å². The van der Waals surface area contributed by atoms with Crippen molar-refractivity contribution in [2.45, 2.75) is 13.8 Å². The van der Waals surface area contributed by atoms with Gasteiger partial charge in [-0.1, -0.05) is 12.1 Å². The van der Waals surface area contributed by atoms with Gasteiger partial charge in [0.25, 0.3) is 0 Å². The molecule has 1 N–H and O–H groups in total. The Labute approximate surface area is 147 Å². The van der Waals surface area contributed by atoms with E-state index in [1.165, 1.54) is 0 Å². The summed E-state index contributed by atoms with van der Waals surface area (Å²) in [6.45, 7) is 4.61. The molecule has 1 aromatic carbocycles. The van der Waals surface area contributed by atoms with Crippen LogP contribution in [0.15, 0.2) is 67.1 Å². The standard InChI is InChI=1S/C20H20N4O/c1-3-18(15-6-5-12-21-14-15)19-11-13-22-20(24-19)23-16-7-9-17(10-8-16)25-4-2/h3,5-14H,4H2,1-2H3,(H,22,23,24)/b18-3+. The second-order valence-electron chi connectivity index (χ2n) is 5.29. The van der Waals surface area contributed by atoms with Crippen molar-refractivity contribution in [1.82, 2.24) is 15.0 Å². The summed E-state index contributed by atoms with van der Waals surface area (Å²) in [6.07, 6.45) is 7.37. The molecule has 5 heteroatoms. The molecule has 0 unspecified atom stereocenters. The van der Waals surface area contributed by atoms with E-state index in [0.29, 0.717) is 12.6 Å². The number of ether oxygens (including phenoxy) is 1. The molecule has 0 saturated carbocycles. The molecule has 0 radical (unpaired) electrons.